The number of aryl methyl sites for hydroxylation is 2. The SMILES string of the molecule is Cc1cnc(C)c(N2CCC(CO)C2)n1. The molecule has 0 amide bonds. The van der Waals surface area contributed by atoms with E-state index in [-0.39, 0.29) is 6.61 Å². The molecule has 0 saturated carbocycles. The maximum atomic E-state index is 9.09. The van der Waals surface area contributed by atoms with Crippen LogP contribution in [0.2, 0.25) is 0 Å². The van der Waals surface area contributed by atoms with Crippen molar-refractivity contribution in [3.8, 4) is 0 Å². The Bertz CT molecular complexity index is 354. The Kier molecular flexibility index (Phi) is 2.86. The van der Waals surface area contributed by atoms with Crippen LogP contribution in [0.3, 0.4) is 0 Å². The van der Waals surface area contributed by atoms with Crippen LogP contribution < -0.4 is 4.90 Å². The van der Waals surface area contributed by atoms with E-state index < -0.39 is 0 Å². The fraction of sp³-hybridized carbons (Fsp3) is 0.636. The summed E-state index contributed by atoms with van der Waals surface area (Å²) in [5.74, 6) is 1.37. The van der Waals surface area contributed by atoms with Crippen molar-refractivity contribution in [1.82, 2.24) is 9.97 Å². The minimum Gasteiger partial charge on any atom is -0.396 e. The van der Waals surface area contributed by atoms with Crippen molar-refractivity contribution in [1.29, 1.82) is 0 Å². The van der Waals surface area contributed by atoms with E-state index in [1.807, 2.05) is 13.8 Å². The largest absolute Gasteiger partial charge is 0.396 e. The Morgan fingerprint density at radius 3 is 3.00 bits per heavy atom. The van der Waals surface area contributed by atoms with Crippen LogP contribution in [0.15, 0.2) is 6.20 Å². The summed E-state index contributed by atoms with van der Waals surface area (Å²) in [7, 11) is 0. The van der Waals surface area contributed by atoms with Crippen molar-refractivity contribution in [2.75, 3.05) is 24.6 Å². The van der Waals surface area contributed by atoms with Crippen LogP contribution in [-0.2, 0) is 0 Å². The summed E-state index contributed by atoms with van der Waals surface area (Å²) in [4.78, 5) is 11.0. The molecule has 1 atom stereocenters. The van der Waals surface area contributed by atoms with Crippen LogP contribution in [-0.4, -0.2) is 34.8 Å². The molecule has 1 fully saturated rings. The molecule has 1 aliphatic heterocycles. The Labute approximate surface area is 90.0 Å². The highest BCUT2D eigenvalue weighted by atomic mass is 16.3. The van der Waals surface area contributed by atoms with Crippen LogP contribution >= 0.6 is 0 Å². The van der Waals surface area contributed by atoms with Crippen LogP contribution in [0.1, 0.15) is 17.8 Å². The maximum Gasteiger partial charge on any atom is 0.150 e. The molecule has 0 aromatic carbocycles. The second-order valence-corrected chi connectivity index (χ2v) is 4.20. The quantitative estimate of drug-likeness (QED) is 0.783. The third kappa shape index (κ3) is 2.09. The zero-order valence-electron chi connectivity index (χ0n) is 9.27. The van der Waals surface area contributed by atoms with E-state index >= 15 is 0 Å². The normalized spacial score (nSPS) is 21.0. The van der Waals surface area contributed by atoms with E-state index in [1.54, 1.807) is 6.20 Å². The fourth-order valence-electron chi connectivity index (χ4n) is 2.00. The van der Waals surface area contributed by atoms with Crippen molar-refractivity contribution in [3.05, 3.63) is 17.6 Å². The predicted molar refractivity (Wildman–Crippen MR) is 58.9 cm³/mol. The molecule has 1 N–H and O–H groups in total. The van der Waals surface area contributed by atoms with Gasteiger partial charge in [-0.2, -0.15) is 0 Å². The van der Waals surface area contributed by atoms with Gasteiger partial charge in [-0.15, -0.1) is 0 Å². The first-order valence-corrected chi connectivity index (χ1v) is 5.36. The van der Waals surface area contributed by atoms with E-state index in [4.69, 9.17) is 5.11 Å². The monoisotopic (exact) mass is 207 g/mol. The summed E-state index contributed by atoms with van der Waals surface area (Å²) < 4.78 is 0. The van der Waals surface area contributed by atoms with Crippen molar-refractivity contribution in [2.24, 2.45) is 5.92 Å². The molecular formula is C11H17N3O. The lowest BCUT2D eigenvalue weighted by molar-refractivity contribution is 0.238. The fourth-order valence-corrected chi connectivity index (χ4v) is 2.00. The van der Waals surface area contributed by atoms with Gasteiger partial charge in [0.2, 0.25) is 0 Å². The maximum absolute atomic E-state index is 9.09. The van der Waals surface area contributed by atoms with Crippen molar-refractivity contribution >= 4 is 5.82 Å². The van der Waals surface area contributed by atoms with E-state index in [0.29, 0.717) is 5.92 Å². The van der Waals surface area contributed by atoms with Gasteiger partial charge in [-0.1, -0.05) is 0 Å². The summed E-state index contributed by atoms with van der Waals surface area (Å²) >= 11 is 0. The number of rotatable bonds is 2. The smallest absolute Gasteiger partial charge is 0.150 e. The molecule has 0 spiro atoms. The average molecular weight is 207 g/mol. The molecule has 82 valence electrons. The van der Waals surface area contributed by atoms with Gasteiger partial charge >= 0.3 is 0 Å². The van der Waals surface area contributed by atoms with Crippen molar-refractivity contribution in [3.63, 3.8) is 0 Å². The zero-order valence-corrected chi connectivity index (χ0v) is 9.27. The second-order valence-electron chi connectivity index (χ2n) is 4.20. The molecular weight excluding hydrogens is 190 g/mol. The molecule has 1 aromatic heterocycles. The molecule has 0 bridgehead atoms. The molecule has 1 aliphatic rings. The van der Waals surface area contributed by atoms with Crippen LogP contribution in [0.4, 0.5) is 5.82 Å². The number of aliphatic hydroxyl groups excluding tert-OH is 1. The molecule has 1 saturated heterocycles. The Hall–Kier alpha value is -1.16. The first-order chi connectivity index (χ1) is 7.20. The number of aromatic nitrogens is 2. The molecule has 15 heavy (non-hydrogen) atoms. The molecule has 2 heterocycles. The number of hydrogen-bond donors (Lipinski definition) is 1. The zero-order chi connectivity index (χ0) is 10.8. The Balaban J connectivity index is 2.19. The van der Waals surface area contributed by atoms with Gasteiger partial charge in [0.25, 0.3) is 0 Å². The number of nitrogens with zero attached hydrogens (tertiary/aromatic N) is 3. The third-order valence-electron chi connectivity index (χ3n) is 2.89. The second kappa shape index (κ2) is 4.14. The van der Waals surface area contributed by atoms with Crippen molar-refractivity contribution < 1.29 is 5.11 Å². The number of aliphatic hydroxyl groups is 1. The molecule has 4 heteroatoms. The Morgan fingerprint density at radius 1 is 1.53 bits per heavy atom. The first kappa shape index (κ1) is 10.4. The van der Waals surface area contributed by atoms with E-state index in [0.717, 1.165) is 36.7 Å². The molecule has 1 unspecified atom stereocenters. The minimum atomic E-state index is 0.273. The lowest BCUT2D eigenvalue weighted by atomic mass is 10.1. The highest BCUT2D eigenvalue weighted by molar-refractivity contribution is 5.44. The van der Waals surface area contributed by atoms with Crippen LogP contribution in [0.5, 0.6) is 0 Å². The van der Waals surface area contributed by atoms with Gasteiger partial charge in [0.1, 0.15) is 5.82 Å². The summed E-state index contributed by atoms with van der Waals surface area (Å²) in [5.41, 5.74) is 1.92. The average Bonchev–Trinajstić information content (AvgIpc) is 2.70. The van der Waals surface area contributed by atoms with Gasteiger partial charge in [-0.05, 0) is 20.3 Å². The van der Waals surface area contributed by atoms with Gasteiger partial charge in [-0.3, -0.25) is 4.98 Å². The summed E-state index contributed by atoms with van der Waals surface area (Å²) in [5, 5.41) is 9.09. The predicted octanol–water partition coefficient (Wildman–Crippen LogP) is 0.912. The van der Waals surface area contributed by atoms with Gasteiger partial charge in [0.05, 0.1) is 11.4 Å². The van der Waals surface area contributed by atoms with Gasteiger partial charge in [-0.25, -0.2) is 4.98 Å². The molecule has 0 aliphatic carbocycles. The van der Waals surface area contributed by atoms with Crippen molar-refractivity contribution in [2.45, 2.75) is 20.3 Å². The Morgan fingerprint density at radius 2 is 2.33 bits per heavy atom. The van der Waals surface area contributed by atoms with E-state index in [9.17, 15) is 0 Å². The van der Waals surface area contributed by atoms with Crippen LogP contribution in [0, 0.1) is 19.8 Å². The van der Waals surface area contributed by atoms with Gasteiger partial charge in [0, 0.05) is 31.8 Å². The van der Waals surface area contributed by atoms with Crippen LogP contribution in [0.25, 0.3) is 0 Å². The number of hydrogen-bond acceptors (Lipinski definition) is 4. The molecule has 4 nitrogen and oxygen atoms in total. The minimum absolute atomic E-state index is 0.273. The van der Waals surface area contributed by atoms with Gasteiger partial charge in [0.15, 0.2) is 0 Å². The highest BCUT2D eigenvalue weighted by Gasteiger charge is 2.24. The number of anilines is 1. The van der Waals surface area contributed by atoms with Gasteiger partial charge < -0.3 is 10.0 Å². The lowest BCUT2D eigenvalue weighted by Crippen LogP contribution is -2.23. The summed E-state index contributed by atoms with van der Waals surface area (Å²) in [6.07, 6.45) is 2.84. The molecule has 1 aromatic rings. The summed E-state index contributed by atoms with van der Waals surface area (Å²) in [6.45, 7) is 6.08. The summed E-state index contributed by atoms with van der Waals surface area (Å²) in [6, 6.07) is 0. The van der Waals surface area contributed by atoms with E-state index in [2.05, 4.69) is 14.9 Å². The third-order valence-corrected chi connectivity index (χ3v) is 2.89. The molecule has 0 radical (unpaired) electrons. The standard InChI is InChI=1S/C11H17N3O/c1-8-5-12-9(2)11(13-8)14-4-3-10(6-14)7-15/h5,10,15H,3-4,6-7H2,1-2H3. The molecule has 2 rings (SSSR count). The van der Waals surface area contributed by atoms with E-state index in [1.165, 1.54) is 0 Å². The topological polar surface area (TPSA) is 49.2 Å². The lowest BCUT2D eigenvalue weighted by Gasteiger charge is -2.19. The highest BCUT2D eigenvalue weighted by Crippen LogP contribution is 2.23. The first-order valence-electron chi connectivity index (χ1n) is 5.36.